The molecule has 2 N–H and O–H groups in total. The van der Waals surface area contributed by atoms with Gasteiger partial charge in [0, 0.05) is 44.8 Å². The summed E-state index contributed by atoms with van der Waals surface area (Å²) in [6.45, 7) is 6.80. The Hall–Kier alpha value is -3.16. The van der Waals surface area contributed by atoms with Gasteiger partial charge in [-0.15, -0.1) is 0 Å². The Bertz CT molecular complexity index is 981. The van der Waals surface area contributed by atoms with Crippen LogP contribution in [0.3, 0.4) is 0 Å². The molecule has 1 atom stereocenters. The Morgan fingerprint density at radius 1 is 1.21 bits per heavy atom. The van der Waals surface area contributed by atoms with Crippen molar-refractivity contribution in [3.8, 4) is 0 Å². The van der Waals surface area contributed by atoms with E-state index in [1.165, 1.54) is 18.9 Å². The number of carbonyl (C=O) groups excluding carboxylic acids is 1. The number of nitrogens with one attached hydrogen (secondary N) is 2. The molecule has 2 fully saturated rings. The van der Waals surface area contributed by atoms with Gasteiger partial charge in [0.1, 0.15) is 5.82 Å². The number of ether oxygens (including phenoxy) is 1. The van der Waals surface area contributed by atoms with E-state index in [-0.39, 0.29) is 12.2 Å². The number of aromatic nitrogens is 2. The second kappa shape index (κ2) is 11.6. The molecule has 7 nitrogen and oxygen atoms in total. The summed E-state index contributed by atoms with van der Waals surface area (Å²) in [5.41, 5.74) is 6.35. The Labute approximate surface area is 195 Å². The standard InChI is InChI=1S/C26H32N4O3/c1-2-22-23(14-17-30-15-4-5-16-30)28-24(27-22)19-21-10-8-20(9-11-21)12-13-25(31)29-33-26-7-3-6-18-32-26/h2,8-14,17,26H,1,3-7,15-16,18-19H2,(H,27,28)(H,29,31)/b13-12+,17-14+. The lowest BCUT2D eigenvalue weighted by atomic mass is 10.1. The highest BCUT2D eigenvalue weighted by molar-refractivity contribution is 5.90. The van der Waals surface area contributed by atoms with Gasteiger partial charge >= 0.3 is 0 Å². The summed E-state index contributed by atoms with van der Waals surface area (Å²) in [4.78, 5) is 27.7. The van der Waals surface area contributed by atoms with E-state index in [0.717, 1.165) is 60.7 Å². The minimum atomic E-state index is -0.352. The average molecular weight is 449 g/mol. The van der Waals surface area contributed by atoms with Crippen LogP contribution in [-0.2, 0) is 20.8 Å². The van der Waals surface area contributed by atoms with E-state index in [4.69, 9.17) is 9.57 Å². The number of carbonyl (C=O) groups is 1. The fourth-order valence-electron chi connectivity index (χ4n) is 3.96. The van der Waals surface area contributed by atoms with E-state index < -0.39 is 0 Å². The third kappa shape index (κ3) is 6.91. The summed E-state index contributed by atoms with van der Waals surface area (Å²) in [5, 5.41) is 0. The summed E-state index contributed by atoms with van der Waals surface area (Å²) < 4.78 is 5.43. The van der Waals surface area contributed by atoms with Crippen LogP contribution in [-0.4, -0.2) is 46.8 Å². The highest BCUT2D eigenvalue weighted by atomic mass is 16.8. The minimum absolute atomic E-state index is 0.310. The van der Waals surface area contributed by atoms with E-state index in [1.54, 1.807) is 12.2 Å². The maximum atomic E-state index is 12.0. The molecule has 0 radical (unpaired) electrons. The lowest BCUT2D eigenvalue weighted by Crippen LogP contribution is -2.32. The number of imidazole rings is 1. The largest absolute Gasteiger partial charge is 0.377 e. The molecule has 1 amide bonds. The van der Waals surface area contributed by atoms with Crippen molar-refractivity contribution in [3.63, 3.8) is 0 Å². The normalized spacial score (nSPS) is 18.9. The lowest BCUT2D eigenvalue weighted by molar-refractivity contribution is -0.198. The number of likely N-dealkylation sites (tertiary alicyclic amines) is 1. The molecule has 174 valence electrons. The Balaban J connectivity index is 1.29. The first kappa shape index (κ1) is 23.0. The Kier molecular flexibility index (Phi) is 8.11. The SMILES string of the molecule is C=Cc1nc(Cc2ccc(/C=C/C(=O)NOC3CCCCO3)cc2)[nH]c1/C=C/N1CCCC1. The number of aromatic amines is 1. The maximum Gasteiger partial charge on any atom is 0.267 e. The summed E-state index contributed by atoms with van der Waals surface area (Å²) in [7, 11) is 0. The van der Waals surface area contributed by atoms with Crippen molar-refractivity contribution in [1.82, 2.24) is 20.3 Å². The minimum Gasteiger partial charge on any atom is -0.377 e. The van der Waals surface area contributed by atoms with Gasteiger partial charge < -0.3 is 14.6 Å². The van der Waals surface area contributed by atoms with Crippen LogP contribution in [0.25, 0.3) is 18.2 Å². The third-order valence-electron chi connectivity index (χ3n) is 5.80. The van der Waals surface area contributed by atoms with Crippen LogP contribution in [0.5, 0.6) is 0 Å². The number of hydrogen-bond acceptors (Lipinski definition) is 5. The maximum absolute atomic E-state index is 12.0. The van der Waals surface area contributed by atoms with Crippen molar-refractivity contribution in [3.05, 3.63) is 71.5 Å². The molecule has 0 saturated carbocycles. The molecule has 3 heterocycles. The molecule has 33 heavy (non-hydrogen) atoms. The van der Waals surface area contributed by atoms with Crippen LogP contribution in [0.1, 0.15) is 60.4 Å². The smallest absolute Gasteiger partial charge is 0.267 e. The zero-order chi connectivity index (χ0) is 22.9. The van der Waals surface area contributed by atoms with Gasteiger partial charge in [-0.1, -0.05) is 30.8 Å². The van der Waals surface area contributed by atoms with Gasteiger partial charge in [-0.25, -0.2) is 15.3 Å². The number of hydrogen-bond donors (Lipinski definition) is 2. The second-order valence-corrected chi connectivity index (χ2v) is 8.38. The molecule has 2 aromatic rings. The molecule has 1 aromatic carbocycles. The molecular weight excluding hydrogens is 416 g/mol. The van der Waals surface area contributed by atoms with E-state index in [2.05, 4.69) is 39.2 Å². The fraction of sp³-hybridized carbons (Fsp3) is 0.385. The molecule has 2 saturated heterocycles. The van der Waals surface area contributed by atoms with Crippen molar-refractivity contribution in [1.29, 1.82) is 0 Å². The fourth-order valence-corrected chi connectivity index (χ4v) is 3.96. The van der Waals surface area contributed by atoms with Crippen LogP contribution in [0, 0.1) is 0 Å². The van der Waals surface area contributed by atoms with Crippen molar-refractivity contribution < 1.29 is 14.4 Å². The summed E-state index contributed by atoms with van der Waals surface area (Å²) >= 11 is 0. The molecule has 1 aromatic heterocycles. The predicted molar refractivity (Wildman–Crippen MR) is 130 cm³/mol. The summed E-state index contributed by atoms with van der Waals surface area (Å²) in [6, 6.07) is 8.05. The molecular formula is C26H32N4O3. The number of amides is 1. The number of hydroxylamine groups is 1. The first-order chi connectivity index (χ1) is 16.2. The monoisotopic (exact) mass is 448 g/mol. The van der Waals surface area contributed by atoms with Gasteiger partial charge in [-0.05, 0) is 55.0 Å². The van der Waals surface area contributed by atoms with Crippen LogP contribution >= 0.6 is 0 Å². The van der Waals surface area contributed by atoms with Crippen LogP contribution < -0.4 is 5.48 Å². The van der Waals surface area contributed by atoms with Crippen molar-refractivity contribution >= 4 is 24.1 Å². The Morgan fingerprint density at radius 3 is 2.76 bits per heavy atom. The van der Waals surface area contributed by atoms with E-state index in [1.807, 2.05) is 24.3 Å². The lowest BCUT2D eigenvalue weighted by Gasteiger charge is -2.21. The van der Waals surface area contributed by atoms with Gasteiger partial charge in [0.25, 0.3) is 5.91 Å². The average Bonchev–Trinajstić information content (AvgIpc) is 3.51. The molecule has 7 heteroatoms. The van der Waals surface area contributed by atoms with E-state index in [9.17, 15) is 4.79 Å². The number of H-pyrrole nitrogens is 1. The summed E-state index contributed by atoms with van der Waals surface area (Å²) in [5.74, 6) is 0.589. The number of rotatable bonds is 9. The van der Waals surface area contributed by atoms with E-state index >= 15 is 0 Å². The van der Waals surface area contributed by atoms with Gasteiger partial charge in [0.15, 0.2) is 6.29 Å². The zero-order valence-corrected chi connectivity index (χ0v) is 19.0. The molecule has 1 unspecified atom stereocenters. The topological polar surface area (TPSA) is 79.5 Å². The van der Waals surface area contributed by atoms with Crippen molar-refractivity contribution in [2.24, 2.45) is 0 Å². The first-order valence-electron chi connectivity index (χ1n) is 11.7. The highest BCUT2D eigenvalue weighted by Crippen LogP contribution is 2.16. The van der Waals surface area contributed by atoms with Crippen LogP contribution in [0.2, 0.25) is 0 Å². The number of benzene rings is 1. The Morgan fingerprint density at radius 2 is 2.03 bits per heavy atom. The van der Waals surface area contributed by atoms with Gasteiger partial charge in [0.2, 0.25) is 0 Å². The first-order valence-corrected chi connectivity index (χ1v) is 11.7. The molecule has 0 bridgehead atoms. The third-order valence-corrected chi connectivity index (χ3v) is 5.80. The summed E-state index contributed by atoms with van der Waals surface area (Å²) in [6.07, 6.45) is 15.0. The molecule has 0 aliphatic carbocycles. The number of nitrogens with zero attached hydrogens (tertiary/aromatic N) is 2. The second-order valence-electron chi connectivity index (χ2n) is 8.38. The van der Waals surface area contributed by atoms with Gasteiger partial charge in [-0.2, -0.15) is 0 Å². The predicted octanol–water partition coefficient (Wildman–Crippen LogP) is 4.30. The van der Waals surface area contributed by atoms with Crippen LogP contribution in [0.15, 0.2) is 43.1 Å². The van der Waals surface area contributed by atoms with Crippen molar-refractivity contribution in [2.45, 2.75) is 44.8 Å². The highest BCUT2D eigenvalue weighted by Gasteiger charge is 2.15. The van der Waals surface area contributed by atoms with Gasteiger partial charge in [-0.3, -0.25) is 4.79 Å². The van der Waals surface area contributed by atoms with Crippen LogP contribution in [0.4, 0.5) is 0 Å². The molecule has 2 aliphatic rings. The quantitative estimate of drug-likeness (QED) is 0.442. The molecule has 2 aliphatic heterocycles. The molecule has 0 spiro atoms. The zero-order valence-electron chi connectivity index (χ0n) is 19.0. The molecule has 4 rings (SSSR count). The van der Waals surface area contributed by atoms with E-state index in [0.29, 0.717) is 13.0 Å². The van der Waals surface area contributed by atoms with Crippen molar-refractivity contribution in [2.75, 3.05) is 19.7 Å². The van der Waals surface area contributed by atoms with Gasteiger partial charge in [0.05, 0.1) is 11.4 Å².